The highest BCUT2D eigenvalue weighted by molar-refractivity contribution is 6.36. The van der Waals surface area contributed by atoms with Crippen LogP contribution in [0.25, 0.3) is 11.1 Å². The maximum Gasteiger partial charge on any atom is 0.150 e. The first-order valence-corrected chi connectivity index (χ1v) is 12.2. The molecule has 1 aliphatic carbocycles. The molecule has 0 heterocycles. The first kappa shape index (κ1) is 26.2. The van der Waals surface area contributed by atoms with Gasteiger partial charge in [-0.1, -0.05) is 77.3 Å². The van der Waals surface area contributed by atoms with Gasteiger partial charge in [-0.15, -0.1) is 0 Å². The van der Waals surface area contributed by atoms with Crippen LogP contribution in [0, 0.1) is 12.8 Å². The SMILES string of the molecule is C\C=C/C(=C\C=C\F)CNCC(=O)C1CCC(c2ccc(Cl)cc2Cl)=C(c2ccc(C)cc2)C1. The van der Waals surface area contributed by atoms with Gasteiger partial charge in [-0.05, 0) is 79.2 Å². The lowest BCUT2D eigenvalue weighted by Gasteiger charge is -2.28. The highest BCUT2D eigenvalue weighted by Crippen LogP contribution is 2.43. The second kappa shape index (κ2) is 12.9. The largest absolute Gasteiger partial charge is 0.306 e. The molecule has 1 aliphatic rings. The molecule has 0 saturated heterocycles. The van der Waals surface area contributed by atoms with Crippen molar-refractivity contribution in [2.24, 2.45) is 5.92 Å². The number of hydrogen-bond acceptors (Lipinski definition) is 2. The second-order valence-corrected chi connectivity index (χ2v) is 9.36. The molecule has 1 N–H and O–H groups in total. The van der Waals surface area contributed by atoms with E-state index in [1.807, 2.05) is 31.2 Å². The van der Waals surface area contributed by atoms with Gasteiger partial charge < -0.3 is 5.32 Å². The highest BCUT2D eigenvalue weighted by Gasteiger charge is 2.28. The molecule has 0 bridgehead atoms. The smallest absolute Gasteiger partial charge is 0.150 e. The van der Waals surface area contributed by atoms with E-state index in [9.17, 15) is 9.18 Å². The van der Waals surface area contributed by atoms with Crippen LogP contribution in [0.5, 0.6) is 0 Å². The Morgan fingerprint density at radius 2 is 1.88 bits per heavy atom. The molecule has 2 aromatic rings. The van der Waals surface area contributed by atoms with E-state index >= 15 is 0 Å². The molecule has 1 unspecified atom stereocenters. The van der Waals surface area contributed by atoms with Gasteiger partial charge in [0.25, 0.3) is 0 Å². The quantitative estimate of drug-likeness (QED) is 0.354. The zero-order chi connectivity index (χ0) is 24.5. The monoisotopic (exact) mass is 497 g/mol. The number of carbonyl (C=O) groups is 1. The summed E-state index contributed by atoms with van der Waals surface area (Å²) in [4.78, 5) is 13.1. The molecule has 0 spiro atoms. The van der Waals surface area contributed by atoms with Gasteiger partial charge in [0, 0.05) is 22.5 Å². The third kappa shape index (κ3) is 7.02. The fourth-order valence-electron chi connectivity index (χ4n) is 4.32. The summed E-state index contributed by atoms with van der Waals surface area (Å²) in [5.41, 5.74) is 6.54. The summed E-state index contributed by atoms with van der Waals surface area (Å²) in [6, 6.07) is 14.0. The summed E-state index contributed by atoms with van der Waals surface area (Å²) in [5, 5.41) is 4.45. The number of benzene rings is 2. The van der Waals surface area contributed by atoms with Crippen LogP contribution in [0.2, 0.25) is 10.0 Å². The van der Waals surface area contributed by atoms with Gasteiger partial charge in [0.2, 0.25) is 0 Å². The lowest BCUT2D eigenvalue weighted by Crippen LogP contribution is -2.31. The van der Waals surface area contributed by atoms with E-state index in [1.54, 1.807) is 12.1 Å². The number of ketones is 1. The third-order valence-electron chi connectivity index (χ3n) is 6.06. The van der Waals surface area contributed by atoms with E-state index in [0.29, 0.717) is 29.3 Å². The lowest BCUT2D eigenvalue weighted by atomic mass is 9.77. The minimum absolute atomic E-state index is 0.0708. The van der Waals surface area contributed by atoms with Crippen molar-refractivity contribution in [3.8, 4) is 0 Å². The summed E-state index contributed by atoms with van der Waals surface area (Å²) in [7, 11) is 0. The van der Waals surface area contributed by atoms with Crippen LogP contribution < -0.4 is 5.32 Å². The molecule has 0 radical (unpaired) electrons. The van der Waals surface area contributed by atoms with Crippen LogP contribution in [0.4, 0.5) is 4.39 Å². The Morgan fingerprint density at radius 3 is 2.56 bits per heavy atom. The van der Waals surface area contributed by atoms with Crippen LogP contribution in [0.1, 0.15) is 42.9 Å². The Morgan fingerprint density at radius 1 is 1.12 bits per heavy atom. The third-order valence-corrected chi connectivity index (χ3v) is 6.61. The average Bonchev–Trinajstić information content (AvgIpc) is 2.83. The van der Waals surface area contributed by atoms with E-state index in [0.717, 1.165) is 35.1 Å². The molecular weight excluding hydrogens is 468 g/mol. The van der Waals surface area contributed by atoms with E-state index < -0.39 is 0 Å². The standard InChI is InChI=1S/C29H30Cl2FNO/c1-3-5-21(6-4-15-32)18-33-19-29(34)23-11-13-25(26-14-12-24(30)17-28(26)31)27(16-23)22-9-7-20(2)8-10-22/h3-10,12,14-15,17,23,33H,11,13,16,18-19H2,1-2H3/b5-3-,15-4+,21-6+. The summed E-state index contributed by atoms with van der Waals surface area (Å²) < 4.78 is 12.3. The fraction of sp³-hybridized carbons (Fsp3) is 0.276. The molecule has 5 heteroatoms. The summed E-state index contributed by atoms with van der Waals surface area (Å²) in [6.07, 6.45) is 9.54. The number of carbonyl (C=O) groups excluding carboxylic acids is 1. The number of allylic oxidation sites excluding steroid dienone is 5. The van der Waals surface area contributed by atoms with Crippen molar-refractivity contribution < 1.29 is 9.18 Å². The van der Waals surface area contributed by atoms with Crippen LogP contribution in [-0.2, 0) is 4.79 Å². The summed E-state index contributed by atoms with van der Waals surface area (Å²) in [5.74, 6) is 0.116. The van der Waals surface area contributed by atoms with E-state index in [-0.39, 0.29) is 18.2 Å². The van der Waals surface area contributed by atoms with E-state index in [4.69, 9.17) is 23.2 Å². The minimum atomic E-state index is -0.0708. The van der Waals surface area contributed by atoms with Gasteiger partial charge in [-0.25, -0.2) is 4.39 Å². The predicted octanol–water partition coefficient (Wildman–Crippen LogP) is 8.16. The Balaban J connectivity index is 1.80. The summed E-state index contributed by atoms with van der Waals surface area (Å²) >= 11 is 12.7. The Labute approximate surface area is 211 Å². The number of halogens is 3. The fourth-order valence-corrected chi connectivity index (χ4v) is 4.84. The molecule has 0 aliphatic heterocycles. The van der Waals surface area contributed by atoms with Crippen molar-refractivity contribution in [1.82, 2.24) is 5.32 Å². The number of nitrogens with one attached hydrogen (secondary N) is 1. The zero-order valence-corrected chi connectivity index (χ0v) is 21.1. The van der Waals surface area contributed by atoms with Gasteiger partial charge in [-0.3, -0.25) is 4.79 Å². The van der Waals surface area contributed by atoms with Gasteiger partial charge in [0.05, 0.1) is 12.9 Å². The number of rotatable bonds is 9. The minimum Gasteiger partial charge on any atom is -0.306 e. The molecule has 2 aromatic carbocycles. The predicted molar refractivity (Wildman–Crippen MR) is 143 cm³/mol. The van der Waals surface area contributed by atoms with Gasteiger partial charge >= 0.3 is 0 Å². The Bertz CT molecular complexity index is 1130. The molecule has 0 amide bonds. The molecule has 1 atom stereocenters. The first-order valence-electron chi connectivity index (χ1n) is 11.5. The first-order chi connectivity index (χ1) is 16.4. The second-order valence-electron chi connectivity index (χ2n) is 8.52. The highest BCUT2D eigenvalue weighted by atomic mass is 35.5. The Hall–Kier alpha value is -2.46. The Kier molecular flexibility index (Phi) is 9.88. The van der Waals surface area contributed by atoms with Crippen molar-refractivity contribution in [2.45, 2.75) is 33.1 Å². The van der Waals surface area contributed by atoms with Crippen molar-refractivity contribution in [3.05, 3.63) is 105 Å². The van der Waals surface area contributed by atoms with E-state index in [2.05, 4.69) is 36.5 Å². The normalized spacial score (nSPS) is 17.2. The van der Waals surface area contributed by atoms with Crippen molar-refractivity contribution in [1.29, 1.82) is 0 Å². The molecule has 0 aromatic heterocycles. The molecule has 178 valence electrons. The van der Waals surface area contributed by atoms with Crippen LogP contribution in [-0.4, -0.2) is 18.9 Å². The average molecular weight is 498 g/mol. The topological polar surface area (TPSA) is 29.1 Å². The molecular formula is C29H30Cl2FNO. The molecule has 3 rings (SSSR count). The molecule has 0 saturated carbocycles. The number of hydrogen-bond donors (Lipinski definition) is 1. The van der Waals surface area contributed by atoms with Crippen molar-refractivity contribution in [3.63, 3.8) is 0 Å². The molecule has 2 nitrogen and oxygen atoms in total. The molecule has 0 fully saturated rings. The number of aryl methyl sites for hydroxylation is 1. The van der Waals surface area contributed by atoms with E-state index in [1.165, 1.54) is 17.2 Å². The van der Waals surface area contributed by atoms with Crippen LogP contribution >= 0.6 is 23.2 Å². The maximum atomic E-state index is 13.1. The molecule has 34 heavy (non-hydrogen) atoms. The van der Waals surface area contributed by atoms with Gasteiger partial charge in [0.1, 0.15) is 5.78 Å². The van der Waals surface area contributed by atoms with Crippen molar-refractivity contribution in [2.75, 3.05) is 13.1 Å². The summed E-state index contributed by atoms with van der Waals surface area (Å²) in [6.45, 7) is 4.74. The van der Waals surface area contributed by atoms with Crippen LogP contribution in [0.15, 0.2) is 78.7 Å². The van der Waals surface area contributed by atoms with Gasteiger partial charge in [0.15, 0.2) is 0 Å². The zero-order valence-electron chi connectivity index (χ0n) is 19.6. The van der Waals surface area contributed by atoms with Crippen molar-refractivity contribution >= 4 is 40.1 Å². The number of Topliss-reactive ketones (excluding diaryl/α,β-unsaturated/α-hetero) is 1. The lowest BCUT2D eigenvalue weighted by molar-refractivity contribution is -0.122. The van der Waals surface area contributed by atoms with Crippen LogP contribution in [0.3, 0.4) is 0 Å². The van der Waals surface area contributed by atoms with Gasteiger partial charge in [-0.2, -0.15) is 0 Å². The maximum absolute atomic E-state index is 13.1.